The summed E-state index contributed by atoms with van der Waals surface area (Å²) < 4.78 is 6.66. The second-order valence-electron chi connectivity index (χ2n) is 4.31. The average molecular weight is 351 g/mol. The van der Waals surface area contributed by atoms with Crippen LogP contribution in [0.15, 0.2) is 52.1 Å². The van der Waals surface area contributed by atoms with Gasteiger partial charge in [-0.3, -0.25) is 0 Å². The van der Waals surface area contributed by atoms with Gasteiger partial charge in [0.15, 0.2) is 5.84 Å². The zero-order valence-corrected chi connectivity index (χ0v) is 12.7. The van der Waals surface area contributed by atoms with E-state index in [0.29, 0.717) is 23.5 Å². The number of amidine groups is 1. The van der Waals surface area contributed by atoms with Crippen molar-refractivity contribution in [3.63, 3.8) is 0 Å². The smallest absolute Gasteiger partial charge is 0.173 e. The number of aliphatic hydroxyl groups excluding tert-OH is 1. The number of hydrogen-bond donors (Lipinski definition) is 3. The minimum absolute atomic E-state index is 0.0355. The Morgan fingerprint density at radius 2 is 1.95 bits per heavy atom. The lowest BCUT2D eigenvalue weighted by molar-refractivity contribution is 0.298. The highest BCUT2D eigenvalue weighted by atomic mass is 79.9. The summed E-state index contributed by atoms with van der Waals surface area (Å²) in [6.07, 6.45) is 0.492. The van der Waals surface area contributed by atoms with Gasteiger partial charge in [0.1, 0.15) is 11.5 Å². The minimum Gasteiger partial charge on any atom is -0.456 e. The van der Waals surface area contributed by atoms with E-state index in [1.54, 1.807) is 18.2 Å². The summed E-state index contributed by atoms with van der Waals surface area (Å²) in [5.74, 6) is 1.06. The van der Waals surface area contributed by atoms with Crippen LogP contribution in [0.4, 0.5) is 0 Å². The van der Waals surface area contributed by atoms with Crippen LogP contribution in [0.5, 0.6) is 11.5 Å². The molecule has 0 heterocycles. The van der Waals surface area contributed by atoms with E-state index >= 15 is 0 Å². The Morgan fingerprint density at radius 1 is 1.19 bits per heavy atom. The van der Waals surface area contributed by atoms with Crippen molar-refractivity contribution >= 4 is 21.8 Å². The summed E-state index contributed by atoms with van der Waals surface area (Å²) in [5, 5.41) is 21.0. The Morgan fingerprint density at radius 3 is 2.67 bits per heavy atom. The van der Waals surface area contributed by atoms with Gasteiger partial charge in [0.2, 0.25) is 0 Å². The standard InChI is InChI=1S/C15H15BrN2O3/c16-11-5-6-14(12(9-11)15(17)18-20)21-13-4-2-1-3-10(13)7-8-19/h1-6,9,19-20H,7-8H2,(H2,17,18). The molecule has 0 saturated heterocycles. The van der Waals surface area contributed by atoms with Gasteiger partial charge in [0, 0.05) is 11.1 Å². The third-order valence-electron chi connectivity index (χ3n) is 2.90. The van der Waals surface area contributed by atoms with Gasteiger partial charge in [-0.2, -0.15) is 0 Å². The molecule has 2 aromatic rings. The minimum atomic E-state index is -0.0362. The van der Waals surface area contributed by atoms with E-state index < -0.39 is 0 Å². The first kappa shape index (κ1) is 15.3. The molecule has 0 atom stereocenters. The first-order valence-electron chi connectivity index (χ1n) is 6.29. The first-order chi connectivity index (χ1) is 10.2. The third-order valence-corrected chi connectivity index (χ3v) is 3.39. The predicted molar refractivity (Wildman–Crippen MR) is 84.0 cm³/mol. The molecule has 0 aromatic heterocycles. The number of nitrogens with zero attached hydrogens (tertiary/aromatic N) is 1. The zero-order chi connectivity index (χ0) is 15.2. The van der Waals surface area contributed by atoms with E-state index in [4.69, 9.17) is 20.8 Å². The highest BCUT2D eigenvalue weighted by Crippen LogP contribution is 2.30. The van der Waals surface area contributed by atoms with Crippen LogP contribution in [0.3, 0.4) is 0 Å². The molecule has 0 spiro atoms. The Kier molecular flexibility index (Phi) is 5.19. The Bertz CT molecular complexity index is 659. The van der Waals surface area contributed by atoms with Gasteiger partial charge in [-0.15, -0.1) is 0 Å². The second-order valence-corrected chi connectivity index (χ2v) is 5.22. The van der Waals surface area contributed by atoms with Crippen molar-refractivity contribution in [2.75, 3.05) is 6.61 Å². The SMILES string of the molecule is N/C(=N/O)c1cc(Br)ccc1Oc1ccccc1CCO. The third kappa shape index (κ3) is 3.74. The summed E-state index contributed by atoms with van der Waals surface area (Å²) in [4.78, 5) is 0. The van der Waals surface area contributed by atoms with Crippen molar-refractivity contribution in [1.29, 1.82) is 0 Å². The number of ether oxygens (including phenoxy) is 1. The Hall–Kier alpha value is -2.05. The first-order valence-corrected chi connectivity index (χ1v) is 7.09. The lowest BCUT2D eigenvalue weighted by atomic mass is 10.1. The number of hydrogen-bond acceptors (Lipinski definition) is 4. The van der Waals surface area contributed by atoms with E-state index in [1.807, 2.05) is 24.3 Å². The van der Waals surface area contributed by atoms with Crippen molar-refractivity contribution in [3.8, 4) is 11.5 Å². The van der Waals surface area contributed by atoms with Gasteiger partial charge in [-0.05, 0) is 36.2 Å². The number of benzene rings is 2. The Labute approximate surface area is 130 Å². The van der Waals surface area contributed by atoms with Gasteiger partial charge in [-0.1, -0.05) is 39.3 Å². The maximum Gasteiger partial charge on any atom is 0.173 e. The second kappa shape index (κ2) is 7.10. The molecule has 6 heteroatoms. The normalized spacial score (nSPS) is 11.4. The van der Waals surface area contributed by atoms with Gasteiger partial charge in [-0.25, -0.2) is 0 Å². The maximum absolute atomic E-state index is 9.09. The molecule has 110 valence electrons. The summed E-state index contributed by atoms with van der Waals surface area (Å²) in [6.45, 7) is 0.0355. The molecule has 4 N–H and O–H groups in total. The molecule has 0 unspecified atom stereocenters. The van der Waals surface area contributed by atoms with Crippen molar-refractivity contribution < 1.29 is 15.1 Å². The van der Waals surface area contributed by atoms with Crippen molar-refractivity contribution in [3.05, 3.63) is 58.1 Å². The molecule has 0 amide bonds. The molecule has 0 bridgehead atoms. The van der Waals surface area contributed by atoms with E-state index in [0.717, 1.165) is 10.0 Å². The van der Waals surface area contributed by atoms with Crippen LogP contribution < -0.4 is 10.5 Å². The van der Waals surface area contributed by atoms with Crippen molar-refractivity contribution in [1.82, 2.24) is 0 Å². The molecule has 2 aromatic carbocycles. The van der Waals surface area contributed by atoms with Crippen LogP contribution in [0.1, 0.15) is 11.1 Å². The molecular weight excluding hydrogens is 336 g/mol. The molecule has 0 saturated carbocycles. The van der Waals surface area contributed by atoms with Crippen LogP contribution >= 0.6 is 15.9 Å². The highest BCUT2D eigenvalue weighted by Gasteiger charge is 2.12. The number of halogens is 1. The maximum atomic E-state index is 9.09. The highest BCUT2D eigenvalue weighted by molar-refractivity contribution is 9.10. The van der Waals surface area contributed by atoms with Crippen molar-refractivity contribution in [2.45, 2.75) is 6.42 Å². The van der Waals surface area contributed by atoms with Crippen LogP contribution in [0.2, 0.25) is 0 Å². The summed E-state index contributed by atoms with van der Waals surface area (Å²) in [7, 11) is 0. The lowest BCUT2D eigenvalue weighted by Crippen LogP contribution is -2.14. The van der Waals surface area contributed by atoms with E-state index in [-0.39, 0.29) is 12.4 Å². The van der Waals surface area contributed by atoms with Crippen LogP contribution in [-0.4, -0.2) is 22.8 Å². The number of para-hydroxylation sites is 1. The Balaban J connectivity index is 2.40. The van der Waals surface area contributed by atoms with E-state index in [2.05, 4.69) is 21.1 Å². The summed E-state index contributed by atoms with van der Waals surface area (Å²) in [5.41, 5.74) is 7.03. The van der Waals surface area contributed by atoms with Gasteiger partial charge < -0.3 is 20.8 Å². The fourth-order valence-corrected chi connectivity index (χ4v) is 2.26. The molecule has 5 nitrogen and oxygen atoms in total. The quantitative estimate of drug-likeness (QED) is 0.335. The van der Waals surface area contributed by atoms with Crippen LogP contribution in [0, 0.1) is 0 Å². The molecule has 0 radical (unpaired) electrons. The average Bonchev–Trinajstić information content (AvgIpc) is 2.50. The summed E-state index contributed by atoms with van der Waals surface area (Å²) >= 11 is 3.34. The topological polar surface area (TPSA) is 88.1 Å². The molecule has 0 aliphatic carbocycles. The van der Waals surface area contributed by atoms with Crippen LogP contribution in [-0.2, 0) is 6.42 Å². The van der Waals surface area contributed by atoms with Gasteiger partial charge in [0.05, 0.1) is 5.56 Å². The molecule has 21 heavy (non-hydrogen) atoms. The largest absolute Gasteiger partial charge is 0.456 e. The van der Waals surface area contributed by atoms with Gasteiger partial charge in [0.25, 0.3) is 0 Å². The molecule has 0 aliphatic heterocycles. The fraction of sp³-hybridized carbons (Fsp3) is 0.133. The van der Waals surface area contributed by atoms with E-state index in [1.165, 1.54) is 0 Å². The molecule has 0 fully saturated rings. The lowest BCUT2D eigenvalue weighted by Gasteiger charge is -2.13. The molecular formula is C15H15BrN2O3. The molecule has 0 aliphatic rings. The predicted octanol–water partition coefficient (Wildman–Crippen LogP) is 2.87. The number of oxime groups is 1. The number of aliphatic hydroxyl groups is 1. The van der Waals surface area contributed by atoms with Crippen molar-refractivity contribution in [2.24, 2.45) is 10.9 Å². The molecule has 2 rings (SSSR count). The zero-order valence-electron chi connectivity index (χ0n) is 11.2. The fourth-order valence-electron chi connectivity index (χ4n) is 1.89. The van der Waals surface area contributed by atoms with Gasteiger partial charge >= 0.3 is 0 Å². The van der Waals surface area contributed by atoms with E-state index in [9.17, 15) is 0 Å². The van der Waals surface area contributed by atoms with Crippen LogP contribution in [0.25, 0.3) is 0 Å². The number of rotatable bonds is 5. The number of nitrogens with two attached hydrogens (primary N) is 1. The monoisotopic (exact) mass is 350 g/mol. The summed E-state index contributed by atoms with van der Waals surface area (Å²) in [6, 6.07) is 12.7.